The van der Waals surface area contributed by atoms with Gasteiger partial charge in [0.15, 0.2) is 9.84 Å². The van der Waals surface area contributed by atoms with E-state index in [1.54, 1.807) is 18.0 Å². The quantitative estimate of drug-likeness (QED) is 0.474. The molecular formula is C10H15N3O2S2. The summed E-state index contributed by atoms with van der Waals surface area (Å²) < 4.78 is 22.5. The predicted molar refractivity (Wildman–Crippen MR) is 67.8 cm³/mol. The van der Waals surface area contributed by atoms with Crippen molar-refractivity contribution in [3.63, 3.8) is 0 Å². The van der Waals surface area contributed by atoms with Crippen molar-refractivity contribution in [1.29, 1.82) is 0 Å². The third-order valence-corrected chi connectivity index (χ3v) is 5.29. The third kappa shape index (κ3) is 4.25. The van der Waals surface area contributed by atoms with Gasteiger partial charge < -0.3 is 5.32 Å². The van der Waals surface area contributed by atoms with Crippen molar-refractivity contribution in [1.82, 2.24) is 15.3 Å². The summed E-state index contributed by atoms with van der Waals surface area (Å²) in [6, 6.07) is 2.00. The Morgan fingerprint density at radius 1 is 1.53 bits per heavy atom. The second-order valence-electron chi connectivity index (χ2n) is 3.95. The molecule has 1 aromatic rings. The Bertz CT molecular complexity index is 450. The van der Waals surface area contributed by atoms with Crippen molar-refractivity contribution < 1.29 is 8.42 Å². The topological polar surface area (TPSA) is 72.0 Å². The number of aromatic nitrogens is 2. The van der Waals surface area contributed by atoms with Gasteiger partial charge >= 0.3 is 0 Å². The van der Waals surface area contributed by atoms with Gasteiger partial charge in [0.05, 0.1) is 16.5 Å². The molecule has 1 atom stereocenters. The van der Waals surface area contributed by atoms with Gasteiger partial charge in [-0.3, -0.25) is 0 Å². The Balaban J connectivity index is 1.64. The van der Waals surface area contributed by atoms with Crippen LogP contribution >= 0.6 is 11.8 Å². The largest absolute Gasteiger partial charge is 0.312 e. The maximum Gasteiger partial charge on any atom is 0.151 e. The molecule has 1 N–H and O–H groups in total. The molecule has 1 aliphatic heterocycles. The third-order valence-electron chi connectivity index (χ3n) is 2.57. The molecule has 17 heavy (non-hydrogen) atoms. The second-order valence-corrected chi connectivity index (χ2v) is 7.29. The van der Waals surface area contributed by atoms with Gasteiger partial charge in [-0.25, -0.2) is 18.4 Å². The van der Waals surface area contributed by atoms with Gasteiger partial charge in [-0.05, 0) is 12.5 Å². The molecule has 2 heterocycles. The number of hydrogen-bond donors (Lipinski definition) is 1. The van der Waals surface area contributed by atoms with Crippen LogP contribution in [0.4, 0.5) is 0 Å². The molecule has 0 spiro atoms. The van der Waals surface area contributed by atoms with Crippen molar-refractivity contribution in [2.24, 2.45) is 0 Å². The average Bonchev–Trinajstić information content (AvgIpc) is 2.66. The number of hydrogen-bond acceptors (Lipinski definition) is 6. The van der Waals surface area contributed by atoms with Crippen LogP contribution in [0.3, 0.4) is 0 Å². The molecule has 1 saturated heterocycles. The first-order valence-electron chi connectivity index (χ1n) is 5.48. The highest BCUT2D eigenvalue weighted by Crippen LogP contribution is 2.14. The molecule has 7 heteroatoms. The highest BCUT2D eigenvalue weighted by Gasteiger charge is 2.26. The summed E-state index contributed by atoms with van der Waals surface area (Å²) in [6.07, 6.45) is 3.98. The lowest BCUT2D eigenvalue weighted by Gasteiger charge is -2.09. The summed E-state index contributed by atoms with van der Waals surface area (Å²) in [4.78, 5) is 7.95. The van der Waals surface area contributed by atoms with Gasteiger partial charge in [-0.15, -0.1) is 11.8 Å². The number of nitrogens with one attached hydrogen (secondary N) is 1. The monoisotopic (exact) mass is 273 g/mol. The zero-order valence-corrected chi connectivity index (χ0v) is 11.0. The molecule has 0 aliphatic carbocycles. The Labute approximate surface area is 105 Å². The molecular weight excluding hydrogens is 258 g/mol. The standard InChI is InChI=1S/C10H15N3O2S2/c14-17(15)6-2-9(7-17)12-4-5-16-10-1-3-11-8-13-10/h1,3,8-9,12H,2,4-7H2. The Hall–Kier alpha value is -0.660. The minimum absolute atomic E-state index is 0.131. The summed E-state index contributed by atoms with van der Waals surface area (Å²) in [5, 5.41) is 4.21. The number of sulfone groups is 1. The Morgan fingerprint density at radius 2 is 2.41 bits per heavy atom. The van der Waals surface area contributed by atoms with E-state index < -0.39 is 9.84 Å². The lowest BCUT2D eigenvalue weighted by Crippen LogP contribution is -2.31. The highest BCUT2D eigenvalue weighted by atomic mass is 32.2. The molecule has 0 saturated carbocycles. The zero-order valence-electron chi connectivity index (χ0n) is 9.37. The van der Waals surface area contributed by atoms with Crippen molar-refractivity contribution >= 4 is 21.6 Å². The van der Waals surface area contributed by atoms with E-state index in [2.05, 4.69) is 15.3 Å². The number of thioether (sulfide) groups is 1. The highest BCUT2D eigenvalue weighted by molar-refractivity contribution is 7.99. The first-order valence-corrected chi connectivity index (χ1v) is 8.29. The Kier molecular flexibility index (Phi) is 4.36. The van der Waals surface area contributed by atoms with E-state index in [4.69, 9.17) is 0 Å². The molecule has 5 nitrogen and oxygen atoms in total. The molecule has 1 unspecified atom stereocenters. The van der Waals surface area contributed by atoms with Gasteiger partial charge in [-0.2, -0.15) is 0 Å². The van der Waals surface area contributed by atoms with Crippen LogP contribution in [0.1, 0.15) is 6.42 Å². The first-order chi connectivity index (χ1) is 8.16. The molecule has 1 aliphatic rings. The van der Waals surface area contributed by atoms with Crippen molar-refractivity contribution in [3.8, 4) is 0 Å². The SMILES string of the molecule is O=S1(=O)CCC(NCCSc2ccncn2)C1. The fraction of sp³-hybridized carbons (Fsp3) is 0.600. The van der Waals surface area contributed by atoms with Crippen molar-refractivity contribution in [2.45, 2.75) is 17.5 Å². The zero-order chi connectivity index (χ0) is 12.1. The van der Waals surface area contributed by atoms with E-state index in [1.807, 2.05) is 6.07 Å². The fourth-order valence-electron chi connectivity index (χ4n) is 1.74. The average molecular weight is 273 g/mol. The number of rotatable bonds is 5. The molecule has 1 fully saturated rings. The van der Waals surface area contributed by atoms with Gasteiger partial charge in [0.1, 0.15) is 6.33 Å². The van der Waals surface area contributed by atoms with E-state index in [9.17, 15) is 8.42 Å². The minimum atomic E-state index is -2.77. The first kappa shape index (κ1) is 12.8. The van der Waals surface area contributed by atoms with Crippen LogP contribution in [-0.2, 0) is 9.84 Å². The normalized spacial score (nSPS) is 22.7. The Morgan fingerprint density at radius 3 is 3.06 bits per heavy atom. The molecule has 0 amide bonds. The second kappa shape index (κ2) is 5.79. The van der Waals surface area contributed by atoms with Gasteiger partial charge in [0, 0.05) is 24.5 Å². The minimum Gasteiger partial charge on any atom is -0.312 e. The van der Waals surface area contributed by atoms with Gasteiger partial charge in [0.25, 0.3) is 0 Å². The molecule has 0 radical (unpaired) electrons. The van der Waals surface area contributed by atoms with Crippen molar-refractivity contribution in [3.05, 3.63) is 18.6 Å². The van der Waals surface area contributed by atoms with Crippen LogP contribution < -0.4 is 5.32 Å². The van der Waals surface area contributed by atoms with Crippen LogP contribution in [-0.4, -0.2) is 48.2 Å². The predicted octanol–water partition coefficient (Wildman–Crippen LogP) is 0.345. The summed E-state index contributed by atoms with van der Waals surface area (Å²) >= 11 is 1.64. The molecule has 1 aromatic heterocycles. The van der Waals surface area contributed by atoms with Gasteiger partial charge in [-0.1, -0.05) is 0 Å². The lowest BCUT2D eigenvalue weighted by atomic mass is 10.3. The molecule has 0 bridgehead atoms. The van der Waals surface area contributed by atoms with E-state index in [0.717, 1.165) is 23.7 Å². The van der Waals surface area contributed by atoms with Gasteiger partial charge in [0.2, 0.25) is 0 Å². The number of nitrogens with zero attached hydrogens (tertiary/aromatic N) is 2. The molecule has 2 rings (SSSR count). The van der Waals surface area contributed by atoms with E-state index in [0.29, 0.717) is 5.75 Å². The maximum atomic E-state index is 11.2. The van der Waals surface area contributed by atoms with Crippen LogP contribution in [0.25, 0.3) is 0 Å². The molecule has 0 aromatic carbocycles. The molecule has 94 valence electrons. The van der Waals surface area contributed by atoms with E-state index in [1.165, 1.54) is 6.33 Å². The lowest BCUT2D eigenvalue weighted by molar-refractivity contribution is 0.574. The summed E-state index contributed by atoms with van der Waals surface area (Å²) in [5.41, 5.74) is 0. The maximum absolute atomic E-state index is 11.2. The summed E-state index contributed by atoms with van der Waals surface area (Å²) in [7, 11) is -2.77. The van der Waals surface area contributed by atoms with E-state index in [-0.39, 0.29) is 11.8 Å². The van der Waals surface area contributed by atoms with Crippen LogP contribution in [0.2, 0.25) is 0 Å². The fourth-order valence-corrected chi connectivity index (χ4v) is 4.15. The summed E-state index contributed by atoms with van der Waals surface area (Å²) in [5.74, 6) is 1.49. The van der Waals surface area contributed by atoms with Crippen LogP contribution in [0, 0.1) is 0 Å². The summed E-state index contributed by atoms with van der Waals surface area (Å²) in [6.45, 7) is 0.800. The van der Waals surface area contributed by atoms with E-state index >= 15 is 0 Å². The smallest absolute Gasteiger partial charge is 0.151 e. The van der Waals surface area contributed by atoms with Crippen LogP contribution in [0.15, 0.2) is 23.6 Å². The van der Waals surface area contributed by atoms with Crippen LogP contribution in [0.5, 0.6) is 0 Å². The van der Waals surface area contributed by atoms with Crippen molar-refractivity contribution in [2.75, 3.05) is 23.8 Å².